The van der Waals surface area contributed by atoms with Gasteiger partial charge in [0.1, 0.15) is 5.82 Å². The number of halogens is 2. The van der Waals surface area contributed by atoms with Gasteiger partial charge in [-0.2, -0.15) is 0 Å². The number of piperidine rings is 1. The third kappa shape index (κ3) is 6.47. The van der Waals surface area contributed by atoms with E-state index in [2.05, 4.69) is 21.8 Å². The van der Waals surface area contributed by atoms with Gasteiger partial charge in [-0.1, -0.05) is 24.6 Å². The molecule has 0 bridgehead atoms. The van der Waals surface area contributed by atoms with Crippen LogP contribution in [-0.2, 0) is 0 Å². The van der Waals surface area contributed by atoms with Crippen molar-refractivity contribution in [2.45, 2.75) is 32.6 Å². The number of hydrogen-bond acceptors (Lipinski definition) is 5. The Morgan fingerprint density at radius 3 is 2.69 bits per heavy atom. The maximum Gasteiger partial charge on any atom is 0.162 e. The average molecular weight is 460 g/mol. The van der Waals surface area contributed by atoms with Crippen molar-refractivity contribution < 1.29 is 13.9 Å². The number of hydrogen-bond donors (Lipinski definition) is 1. The average Bonchev–Trinajstić information content (AvgIpc) is 2.80. The first-order chi connectivity index (χ1) is 15.5. The van der Waals surface area contributed by atoms with E-state index >= 15 is 0 Å². The van der Waals surface area contributed by atoms with Crippen molar-refractivity contribution >= 4 is 34.9 Å². The lowest BCUT2D eigenvalue weighted by Gasteiger charge is -2.26. The fourth-order valence-corrected chi connectivity index (χ4v) is 3.96. The molecule has 2 aromatic rings. The minimum absolute atomic E-state index is 0.0436. The second kappa shape index (κ2) is 11.9. The zero-order valence-electron chi connectivity index (χ0n) is 18.8. The fourth-order valence-electron chi connectivity index (χ4n) is 3.78. The third-order valence-corrected chi connectivity index (χ3v) is 5.70. The maximum absolute atomic E-state index is 13.5. The highest BCUT2D eigenvalue weighted by molar-refractivity contribution is 6.31. The van der Waals surface area contributed by atoms with Crippen LogP contribution < -0.4 is 14.8 Å². The summed E-state index contributed by atoms with van der Waals surface area (Å²) in [7, 11) is 1.61. The van der Waals surface area contributed by atoms with E-state index in [0.717, 1.165) is 18.5 Å². The Labute approximate surface area is 194 Å². The molecule has 0 aromatic heterocycles. The highest BCUT2D eigenvalue weighted by atomic mass is 35.5. The lowest BCUT2D eigenvalue weighted by molar-refractivity contribution is 0.203. The van der Waals surface area contributed by atoms with E-state index in [4.69, 9.17) is 21.1 Å². The molecular weight excluding hydrogens is 429 g/mol. The summed E-state index contributed by atoms with van der Waals surface area (Å²) in [4.78, 5) is 6.95. The molecule has 32 heavy (non-hydrogen) atoms. The molecule has 172 valence electrons. The van der Waals surface area contributed by atoms with Crippen LogP contribution in [0.4, 0.5) is 15.8 Å². The highest BCUT2D eigenvalue weighted by Crippen LogP contribution is 2.38. The van der Waals surface area contributed by atoms with E-state index < -0.39 is 5.82 Å². The number of ether oxygens (including phenoxy) is 2. The minimum atomic E-state index is -0.469. The Morgan fingerprint density at radius 2 is 2.00 bits per heavy atom. The van der Waals surface area contributed by atoms with Crippen LogP contribution in [0.1, 0.15) is 38.2 Å². The number of aliphatic imine (C=N–C) groups is 1. The Balaban J connectivity index is 1.74. The molecule has 0 saturated carbocycles. The Morgan fingerprint density at radius 1 is 1.22 bits per heavy atom. The topological polar surface area (TPSA) is 46.1 Å². The summed E-state index contributed by atoms with van der Waals surface area (Å²) in [6.45, 7) is 9.97. The van der Waals surface area contributed by atoms with E-state index in [1.54, 1.807) is 19.4 Å². The van der Waals surface area contributed by atoms with Gasteiger partial charge < -0.3 is 19.7 Å². The summed E-state index contributed by atoms with van der Waals surface area (Å²) in [5.74, 6) is 0.782. The van der Waals surface area contributed by atoms with Crippen LogP contribution in [0.5, 0.6) is 11.5 Å². The van der Waals surface area contributed by atoms with E-state index in [1.807, 2.05) is 19.1 Å². The molecule has 0 aliphatic carbocycles. The number of nitrogens with zero attached hydrogens (tertiary/aromatic N) is 2. The number of rotatable bonds is 10. The number of benzene rings is 2. The molecule has 0 atom stereocenters. The van der Waals surface area contributed by atoms with Crippen molar-refractivity contribution in [2.24, 2.45) is 4.99 Å². The van der Waals surface area contributed by atoms with Gasteiger partial charge in [-0.25, -0.2) is 4.39 Å². The lowest BCUT2D eigenvalue weighted by atomic mass is 10.1. The second-order valence-electron chi connectivity index (χ2n) is 7.74. The first-order valence-electron chi connectivity index (χ1n) is 11.0. The van der Waals surface area contributed by atoms with Gasteiger partial charge in [0.25, 0.3) is 0 Å². The predicted molar refractivity (Wildman–Crippen MR) is 131 cm³/mol. The minimum Gasteiger partial charge on any atom is -0.493 e. The van der Waals surface area contributed by atoms with Crippen LogP contribution in [0.15, 0.2) is 41.9 Å². The van der Waals surface area contributed by atoms with E-state index in [1.165, 1.54) is 44.5 Å². The molecule has 2 aromatic carbocycles. The summed E-state index contributed by atoms with van der Waals surface area (Å²) >= 11 is 5.91. The van der Waals surface area contributed by atoms with Crippen LogP contribution in [0.3, 0.4) is 0 Å². The first kappa shape index (κ1) is 24.1. The van der Waals surface area contributed by atoms with Gasteiger partial charge in [-0.05, 0) is 63.5 Å². The largest absolute Gasteiger partial charge is 0.493 e. The summed E-state index contributed by atoms with van der Waals surface area (Å²) < 4.78 is 25.1. The van der Waals surface area contributed by atoms with Gasteiger partial charge in [-0.3, -0.25) is 4.99 Å². The smallest absolute Gasteiger partial charge is 0.162 e. The second-order valence-corrected chi connectivity index (χ2v) is 8.15. The molecule has 1 aliphatic heterocycles. The van der Waals surface area contributed by atoms with Crippen LogP contribution in [0.25, 0.3) is 5.70 Å². The number of methoxy groups -OCH3 is 1. The molecule has 5 nitrogen and oxygen atoms in total. The van der Waals surface area contributed by atoms with Crippen LogP contribution in [-0.4, -0.2) is 44.5 Å². The monoisotopic (exact) mass is 459 g/mol. The molecule has 0 spiro atoms. The zero-order valence-corrected chi connectivity index (χ0v) is 19.6. The van der Waals surface area contributed by atoms with Gasteiger partial charge in [0.2, 0.25) is 0 Å². The Hall–Kier alpha value is -2.57. The maximum atomic E-state index is 13.5. The normalized spacial score (nSPS) is 14.5. The van der Waals surface area contributed by atoms with Gasteiger partial charge in [0.15, 0.2) is 11.5 Å². The van der Waals surface area contributed by atoms with Gasteiger partial charge in [0.05, 0.1) is 24.4 Å². The molecule has 0 unspecified atom stereocenters. The summed E-state index contributed by atoms with van der Waals surface area (Å²) in [5, 5.41) is 3.22. The van der Waals surface area contributed by atoms with Crippen LogP contribution >= 0.6 is 11.6 Å². The van der Waals surface area contributed by atoms with Crippen LogP contribution in [0, 0.1) is 5.82 Å². The molecule has 0 radical (unpaired) electrons. The molecular formula is C25H31ClFN3O2. The fraction of sp³-hybridized carbons (Fsp3) is 0.400. The summed E-state index contributed by atoms with van der Waals surface area (Å²) in [6.07, 6.45) is 6.55. The molecule has 1 saturated heterocycles. The molecule has 7 heteroatoms. The molecule has 1 N–H and O–H groups in total. The quantitative estimate of drug-likeness (QED) is 0.323. The zero-order chi connectivity index (χ0) is 22.9. The van der Waals surface area contributed by atoms with Crippen molar-refractivity contribution in [1.82, 2.24) is 4.90 Å². The van der Waals surface area contributed by atoms with Gasteiger partial charge in [0, 0.05) is 35.8 Å². The van der Waals surface area contributed by atoms with Crippen molar-refractivity contribution in [2.75, 3.05) is 38.7 Å². The molecule has 3 rings (SSSR count). The molecule has 1 aliphatic rings. The summed E-state index contributed by atoms with van der Waals surface area (Å²) in [6, 6.07) is 8.15. The van der Waals surface area contributed by atoms with Crippen LogP contribution in [0.2, 0.25) is 5.02 Å². The standard InChI is InChI=1S/C25H31ClFN3O2/c1-4-28-23-17-24(31-3)25(32-14-8-13-30-11-6-5-7-12-30)16-20(23)18(2)29-19-9-10-22(27)21(26)15-19/h4,9-10,15-17,29H,2,5-8,11-14H2,1,3H3. The predicted octanol–water partition coefficient (Wildman–Crippen LogP) is 6.55. The number of likely N-dealkylation sites (tertiary alicyclic amines) is 1. The highest BCUT2D eigenvalue weighted by Gasteiger charge is 2.15. The number of nitrogens with one attached hydrogen (secondary N) is 1. The third-order valence-electron chi connectivity index (χ3n) is 5.42. The molecule has 0 amide bonds. The Kier molecular flexibility index (Phi) is 8.94. The molecule has 1 heterocycles. The Bertz CT molecular complexity index is 958. The van der Waals surface area contributed by atoms with Gasteiger partial charge in [-0.15, -0.1) is 0 Å². The van der Waals surface area contributed by atoms with Crippen molar-refractivity contribution in [1.29, 1.82) is 0 Å². The lowest BCUT2D eigenvalue weighted by Crippen LogP contribution is -2.31. The summed E-state index contributed by atoms with van der Waals surface area (Å²) in [5.41, 5.74) is 2.67. The van der Waals surface area contributed by atoms with Crippen molar-refractivity contribution in [3.63, 3.8) is 0 Å². The van der Waals surface area contributed by atoms with Crippen molar-refractivity contribution in [3.8, 4) is 11.5 Å². The van der Waals surface area contributed by atoms with Gasteiger partial charge >= 0.3 is 0 Å². The van der Waals surface area contributed by atoms with E-state index in [-0.39, 0.29) is 5.02 Å². The first-order valence-corrected chi connectivity index (χ1v) is 11.4. The molecule has 1 fully saturated rings. The van der Waals surface area contributed by atoms with E-state index in [9.17, 15) is 4.39 Å². The van der Waals surface area contributed by atoms with Crippen molar-refractivity contribution in [3.05, 3.63) is 53.3 Å². The van der Waals surface area contributed by atoms with E-state index in [0.29, 0.717) is 35.2 Å². The number of anilines is 1. The SMILES string of the molecule is C=C(Nc1ccc(F)c(Cl)c1)c1cc(OCCCN2CCCCC2)c(OC)cc1N=CC.